The Morgan fingerprint density at radius 2 is 1.68 bits per heavy atom. The first-order valence-electron chi connectivity index (χ1n) is 6.36. The van der Waals surface area contributed by atoms with E-state index in [1.807, 2.05) is 4.72 Å². The van der Waals surface area contributed by atoms with Gasteiger partial charge in [0.2, 0.25) is 5.54 Å². The minimum Gasteiger partial charge on any atom is -0.598 e. The molecule has 0 aromatic heterocycles. The van der Waals surface area contributed by atoms with Crippen LogP contribution in [0.15, 0.2) is 30.3 Å². The summed E-state index contributed by atoms with van der Waals surface area (Å²) < 4.78 is 68.4. The Bertz CT molecular complexity index is 507. The third-order valence-electron chi connectivity index (χ3n) is 3.04. The standard InChI is InChI=1S/C14H17F4NO2S/c1-12(2,3)22(21)19-14(11(15)16,13(17,18)9-20)10-7-5-4-6-8-10/h4-9,11,19H,1-3H3/t14-,22+/m0/s1. The van der Waals surface area contributed by atoms with E-state index in [-0.39, 0.29) is 0 Å². The van der Waals surface area contributed by atoms with Gasteiger partial charge in [-0.25, -0.2) is 8.78 Å². The number of benzene rings is 1. The van der Waals surface area contributed by atoms with E-state index in [2.05, 4.69) is 0 Å². The van der Waals surface area contributed by atoms with Gasteiger partial charge in [0, 0.05) is 11.4 Å². The first kappa shape index (κ1) is 18.9. The number of carbonyl (C=O) groups excluding carboxylic acids is 1. The van der Waals surface area contributed by atoms with Gasteiger partial charge in [-0.15, -0.1) is 4.72 Å². The number of hydrogen-bond acceptors (Lipinski definition) is 3. The fourth-order valence-electron chi connectivity index (χ4n) is 1.73. The van der Waals surface area contributed by atoms with Crippen LogP contribution in [0.3, 0.4) is 0 Å². The molecule has 1 N–H and O–H groups in total. The van der Waals surface area contributed by atoms with Crippen LogP contribution in [0, 0.1) is 0 Å². The van der Waals surface area contributed by atoms with Crippen molar-refractivity contribution in [2.24, 2.45) is 0 Å². The molecule has 1 aromatic rings. The monoisotopic (exact) mass is 339 g/mol. The van der Waals surface area contributed by atoms with Crippen LogP contribution in [0.4, 0.5) is 17.6 Å². The van der Waals surface area contributed by atoms with E-state index in [1.54, 1.807) is 0 Å². The zero-order valence-electron chi connectivity index (χ0n) is 12.3. The number of hydrogen-bond donors (Lipinski definition) is 1. The molecule has 0 aliphatic heterocycles. The van der Waals surface area contributed by atoms with E-state index in [0.717, 1.165) is 12.1 Å². The van der Waals surface area contributed by atoms with Crippen LogP contribution in [0.25, 0.3) is 0 Å². The van der Waals surface area contributed by atoms with Gasteiger partial charge >= 0.3 is 5.92 Å². The number of carbonyl (C=O) groups is 1. The minimum absolute atomic E-state index is 0.514. The molecule has 124 valence electrons. The summed E-state index contributed by atoms with van der Waals surface area (Å²) >= 11 is -2.24. The molecule has 0 saturated carbocycles. The van der Waals surface area contributed by atoms with E-state index in [0.29, 0.717) is 0 Å². The summed E-state index contributed by atoms with van der Waals surface area (Å²) in [5.41, 5.74) is -3.88. The lowest BCUT2D eigenvalue weighted by Crippen LogP contribution is -2.64. The predicted molar refractivity (Wildman–Crippen MR) is 76.2 cm³/mol. The predicted octanol–water partition coefficient (Wildman–Crippen LogP) is 3.03. The van der Waals surface area contributed by atoms with E-state index in [4.69, 9.17) is 0 Å². The Morgan fingerprint density at radius 1 is 1.18 bits per heavy atom. The Balaban J connectivity index is 3.52. The lowest BCUT2D eigenvalue weighted by atomic mass is 9.85. The van der Waals surface area contributed by atoms with Crippen LogP contribution < -0.4 is 4.72 Å². The van der Waals surface area contributed by atoms with Gasteiger partial charge in [-0.3, -0.25) is 4.79 Å². The molecule has 0 heterocycles. The normalized spacial score (nSPS) is 17.1. The minimum atomic E-state index is -4.45. The number of aldehydes is 1. The van der Waals surface area contributed by atoms with E-state index >= 15 is 0 Å². The lowest BCUT2D eigenvalue weighted by molar-refractivity contribution is -0.160. The van der Waals surface area contributed by atoms with Crippen molar-refractivity contribution >= 4 is 17.6 Å². The SMILES string of the molecule is CC(C)(C)[S@@+]([O-])N[C@@](c1ccccc1)(C(F)F)C(F)(F)C=O. The average molecular weight is 339 g/mol. The second kappa shape index (κ2) is 6.55. The Labute approximate surface area is 129 Å². The highest BCUT2D eigenvalue weighted by Crippen LogP contribution is 2.42. The van der Waals surface area contributed by atoms with Crippen LogP contribution in [-0.2, 0) is 21.7 Å². The summed E-state index contributed by atoms with van der Waals surface area (Å²) in [6.45, 7) is 4.32. The number of halogens is 4. The van der Waals surface area contributed by atoms with Gasteiger partial charge in [0.05, 0.1) is 0 Å². The maximum Gasteiger partial charge on any atom is 0.334 e. The van der Waals surface area contributed by atoms with E-state index < -0.39 is 45.8 Å². The molecule has 22 heavy (non-hydrogen) atoms. The van der Waals surface area contributed by atoms with Crippen LogP contribution in [-0.4, -0.2) is 27.9 Å². The van der Waals surface area contributed by atoms with Gasteiger partial charge in [0.25, 0.3) is 6.43 Å². The van der Waals surface area contributed by atoms with Crippen molar-refractivity contribution < 1.29 is 26.9 Å². The van der Waals surface area contributed by atoms with Crippen molar-refractivity contribution in [1.29, 1.82) is 0 Å². The second-order valence-corrected chi connectivity index (χ2v) is 7.67. The van der Waals surface area contributed by atoms with Gasteiger partial charge in [0.15, 0.2) is 6.29 Å². The number of alkyl halides is 4. The largest absolute Gasteiger partial charge is 0.598 e. The van der Waals surface area contributed by atoms with Crippen molar-refractivity contribution in [2.45, 2.75) is 43.4 Å². The molecule has 1 aromatic carbocycles. The smallest absolute Gasteiger partial charge is 0.334 e. The topological polar surface area (TPSA) is 52.2 Å². The Morgan fingerprint density at radius 3 is 2.05 bits per heavy atom. The maximum atomic E-state index is 14.1. The van der Waals surface area contributed by atoms with Gasteiger partial charge in [-0.2, -0.15) is 8.78 Å². The molecule has 8 heteroatoms. The highest BCUT2D eigenvalue weighted by atomic mass is 32.2. The van der Waals surface area contributed by atoms with Crippen molar-refractivity contribution in [3.05, 3.63) is 35.9 Å². The molecule has 2 atom stereocenters. The zero-order chi connectivity index (χ0) is 17.2. The third kappa shape index (κ3) is 3.44. The van der Waals surface area contributed by atoms with Crippen LogP contribution >= 0.6 is 0 Å². The summed E-state index contributed by atoms with van der Waals surface area (Å²) in [4.78, 5) is 10.8. The Hall–Kier alpha value is -1.12. The molecule has 0 unspecified atom stereocenters. The summed E-state index contributed by atoms with van der Waals surface area (Å²) in [7, 11) is 0. The van der Waals surface area contributed by atoms with Gasteiger partial charge in [-0.1, -0.05) is 30.3 Å². The van der Waals surface area contributed by atoms with Gasteiger partial charge in [0.1, 0.15) is 4.75 Å². The molecular formula is C14H17F4NO2S. The highest BCUT2D eigenvalue weighted by Gasteiger charge is 2.65. The Kier molecular flexibility index (Phi) is 5.64. The molecule has 0 bridgehead atoms. The summed E-state index contributed by atoms with van der Waals surface area (Å²) in [5, 5.41) is 0. The van der Waals surface area contributed by atoms with Crippen molar-refractivity contribution in [2.75, 3.05) is 0 Å². The summed E-state index contributed by atoms with van der Waals surface area (Å²) in [5.74, 6) is -4.45. The highest BCUT2D eigenvalue weighted by molar-refractivity contribution is 7.90. The summed E-state index contributed by atoms with van der Waals surface area (Å²) in [6, 6.07) is 6.11. The first-order valence-corrected chi connectivity index (χ1v) is 7.51. The fourth-order valence-corrected chi connectivity index (χ4v) is 2.67. The van der Waals surface area contributed by atoms with E-state index in [9.17, 15) is 26.9 Å². The molecule has 0 spiro atoms. The molecule has 0 saturated heterocycles. The fraction of sp³-hybridized carbons (Fsp3) is 0.500. The van der Waals surface area contributed by atoms with Crippen molar-refractivity contribution in [3.63, 3.8) is 0 Å². The number of rotatable bonds is 6. The molecule has 0 radical (unpaired) electrons. The number of nitrogens with one attached hydrogen (secondary N) is 1. The van der Waals surface area contributed by atoms with Crippen LogP contribution in [0.1, 0.15) is 26.3 Å². The maximum absolute atomic E-state index is 14.1. The average Bonchev–Trinajstić information content (AvgIpc) is 2.43. The molecule has 3 nitrogen and oxygen atoms in total. The van der Waals surface area contributed by atoms with Gasteiger partial charge < -0.3 is 4.55 Å². The van der Waals surface area contributed by atoms with Crippen molar-refractivity contribution in [3.8, 4) is 0 Å². The molecule has 1 rings (SSSR count). The lowest BCUT2D eigenvalue weighted by Gasteiger charge is -2.39. The molecule has 0 fully saturated rings. The molecule has 0 amide bonds. The zero-order valence-corrected chi connectivity index (χ0v) is 13.1. The third-order valence-corrected chi connectivity index (χ3v) is 4.66. The first-order chi connectivity index (χ1) is 9.99. The van der Waals surface area contributed by atoms with Gasteiger partial charge in [-0.05, 0) is 26.3 Å². The molecule has 0 aliphatic carbocycles. The molecule has 0 aliphatic rings. The van der Waals surface area contributed by atoms with Crippen LogP contribution in [0.5, 0.6) is 0 Å². The van der Waals surface area contributed by atoms with E-state index in [1.165, 1.54) is 39.0 Å². The summed E-state index contributed by atoms with van der Waals surface area (Å²) in [6.07, 6.45) is -4.51. The van der Waals surface area contributed by atoms with Crippen LogP contribution in [0.2, 0.25) is 0 Å². The quantitative estimate of drug-likeness (QED) is 0.492. The second-order valence-electron chi connectivity index (χ2n) is 5.70. The molecular weight excluding hydrogens is 322 g/mol. The van der Waals surface area contributed by atoms with Crippen molar-refractivity contribution in [1.82, 2.24) is 4.72 Å².